The molecule has 1 atom stereocenters. The Morgan fingerprint density at radius 3 is 2.67 bits per heavy atom. The van der Waals surface area contributed by atoms with Crippen LogP contribution < -0.4 is 0 Å². The molecule has 0 fully saturated rings. The number of esters is 1. The summed E-state index contributed by atoms with van der Waals surface area (Å²) in [5.41, 5.74) is 1.15. The molecule has 84 valence electrons. The minimum Gasteiger partial charge on any atom is -0.465 e. The van der Waals surface area contributed by atoms with Gasteiger partial charge in [0.25, 0.3) is 0 Å². The number of hydrogen-bond donors (Lipinski definition) is 0. The topological polar surface area (TPSA) is 29.5 Å². The molecular weight excluding hydrogens is 210 g/mol. The van der Waals surface area contributed by atoms with Crippen LogP contribution in [0, 0.1) is 6.92 Å². The van der Waals surface area contributed by atoms with Crippen molar-refractivity contribution in [1.82, 2.24) is 4.90 Å². The van der Waals surface area contributed by atoms with E-state index >= 15 is 0 Å². The van der Waals surface area contributed by atoms with Crippen molar-refractivity contribution in [2.75, 3.05) is 20.7 Å². The molecular formula is C11H17NO2S. The molecule has 1 rings (SSSR count). The second kappa shape index (κ2) is 5.28. The highest BCUT2D eigenvalue weighted by molar-refractivity contribution is 7.10. The maximum Gasteiger partial charge on any atom is 0.328 e. The van der Waals surface area contributed by atoms with E-state index in [1.807, 2.05) is 44.3 Å². The van der Waals surface area contributed by atoms with Crippen LogP contribution in [0.3, 0.4) is 0 Å². The molecule has 4 heteroatoms. The molecule has 15 heavy (non-hydrogen) atoms. The van der Waals surface area contributed by atoms with Crippen LogP contribution in [-0.4, -0.2) is 31.6 Å². The summed E-state index contributed by atoms with van der Waals surface area (Å²) >= 11 is 1.60. The molecule has 0 spiro atoms. The Hall–Kier alpha value is -0.870. The van der Waals surface area contributed by atoms with Gasteiger partial charge in [0.05, 0.1) is 6.61 Å². The normalized spacial score (nSPS) is 12.9. The predicted molar refractivity (Wildman–Crippen MR) is 62.1 cm³/mol. The smallest absolute Gasteiger partial charge is 0.328 e. The zero-order valence-corrected chi connectivity index (χ0v) is 10.4. The molecule has 3 nitrogen and oxygen atoms in total. The van der Waals surface area contributed by atoms with Gasteiger partial charge in [-0.25, -0.2) is 4.79 Å². The van der Waals surface area contributed by atoms with E-state index in [1.54, 1.807) is 11.3 Å². The molecule has 0 aliphatic carbocycles. The zero-order chi connectivity index (χ0) is 11.4. The van der Waals surface area contributed by atoms with Gasteiger partial charge in [-0.05, 0) is 45.0 Å². The van der Waals surface area contributed by atoms with Crippen LogP contribution in [0.5, 0.6) is 0 Å². The van der Waals surface area contributed by atoms with Crippen LogP contribution in [-0.2, 0) is 9.53 Å². The number of nitrogens with zero attached hydrogens (tertiary/aromatic N) is 1. The fourth-order valence-corrected chi connectivity index (χ4v) is 2.55. The highest BCUT2D eigenvalue weighted by Crippen LogP contribution is 2.28. The van der Waals surface area contributed by atoms with Gasteiger partial charge in [-0.1, -0.05) is 0 Å². The lowest BCUT2D eigenvalue weighted by molar-refractivity contribution is -0.148. The summed E-state index contributed by atoms with van der Waals surface area (Å²) in [4.78, 5) is 14.7. The van der Waals surface area contributed by atoms with Crippen molar-refractivity contribution in [3.63, 3.8) is 0 Å². The molecule has 1 aromatic heterocycles. The second-order valence-corrected chi connectivity index (χ2v) is 4.53. The SMILES string of the molecule is CCOC(=O)C(c1sccc1C)N(C)C. The number of hydrogen-bond acceptors (Lipinski definition) is 4. The van der Waals surface area contributed by atoms with E-state index < -0.39 is 0 Å². The molecule has 0 aliphatic heterocycles. The molecule has 0 radical (unpaired) electrons. The van der Waals surface area contributed by atoms with Crippen LogP contribution >= 0.6 is 11.3 Å². The summed E-state index contributed by atoms with van der Waals surface area (Å²) in [6.45, 7) is 4.26. The maximum atomic E-state index is 11.8. The van der Waals surface area contributed by atoms with Crippen molar-refractivity contribution in [2.24, 2.45) is 0 Å². The highest BCUT2D eigenvalue weighted by atomic mass is 32.1. The van der Waals surface area contributed by atoms with E-state index in [-0.39, 0.29) is 12.0 Å². The first kappa shape index (κ1) is 12.2. The van der Waals surface area contributed by atoms with Crippen molar-refractivity contribution in [3.05, 3.63) is 21.9 Å². The Labute approximate surface area is 94.7 Å². The van der Waals surface area contributed by atoms with Gasteiger partial charge in [-0.15, -0.1) is 11.3 Å². The van der Waals surface area contributed by atoms with Crippen LogP contribution in [0.15, 0.2) is 11.4 Å². The van der Waals surface area contributed by atoms with E-state index in [1.165, 1.54) is 0 Å². The van der Waals surface area contributed by atoms with Gasteiger partial charge >= 0.3 is 5.97 Å². The van der Waals surface area contributed by atoms with Gasteiger partial charge < -0.3 is 4.74 Å². The zero-order valence-electron chi connectivity index (χ0n) is 9.61. The van der Waals surface area contributed by atoms with Crippen LogP contribution in [0.4, 0.5) is 0 Å². The summed E-state index contributed by atoms with van der Waals surface area (Å²) < 4.78 is 5.07. The van der Waals surface area contributed by atoms with Crippen molar-refractivity contribution in [1.29, 1.82) is 0 Å². The minimum atomic E-state index is -0.273. The third-order valence-electron chi connectivity index (χ3n) is 2.18. The summed E-state index contributed by atoms with van der Waals surface area (Å²) in [6, 6.07) is 1.75. The Balaban J connectivity index is 2.93. The lowest BCUT2D eigenvalue weighted by atomic mass is 10.1. The molecule has 0 aliphatic rings. The van der Waals surface area contributed by atoms with E-state index in [0.29, 0.717) is 6.61 Å². The maximum absolute atomic E-state index is 11.8. The Bertz CT molecular complexity index is 333. The van der Waals surface area contributed by atoms with E-state index in [2.05, 4.69) is 0 Å². The van der Waals surface area contributed by atoms with E-state index in [4.69, 9.17) is 4.74 Å². The minimum absolute atomic E-state index is 0.173. The molecule has 1 heterocycles. The van der Waals surface area contributed by atoms with Crippen LogP contribution in [0.25, 0.3) is 0 Å². The fraction of sp³-hybridized carbons (Fsp3) is 0.545. The number of carbonyl (C=O) groups is 1. The molecule has 0 bridgehead atoms. The Morgan fingerprint density at radius 2 is 2.27 bits per heavy atom. The molecule has 0 saturated heterocycles. The van der Waals surface area contributed by atoms with Crippen molar-refractivity contribution in [2.45, 2.75) is 19.9 Å². The summed E-state index contributed by atoms with van der Waals surface area (Å²) in [7, 11) is 3.78. The lowest BCUT2D eigenvalue weighted by Gasteiger charge is -2.21. The predicted octanol–water partition coefficient (Wildman–Crippen LogP) is 2.22. The standard InChI is InChI=1S/C11H17NO2S/c1-5-14-11(13)9(12(3)4)10-8(2)6-7-15-10/h6-7,9H,5H2,1-4H3. The van der Waals surface area contributed by atoms with Gasteiger partial charge in [-0.3, -0.25) is 4.90 Å². The van der Waals surface area contributed by atoms with Crippen molar-refractivity contribution >= 4 is 17.3 Å². The van der Waals surface area contributed by atoms with Gasteiger partial charge in [-0.2, -0.15) is 0 Å². The third kappa shape index (κ3) is 2.79. The average Bonchev–Trinajstić information content (AvgIpc) is 2.52. The third-order valence-corrected chi connectivity index (χ3v) is 3.25. The molecule has 0 aromatic carbocycles. The van der Waals surface area contributed by atoms with Crippen molar-refractivity contribution in [3.8, 4) is 0 Å². The first-order chi connectivity index (χ1) is 7.07. The summed E-state index contributed by atoms with van der Waals surface area (Å²) in [6.07, 6.45) is 0. The van der Waals surface area contributed by atoms with Crippen LogP contribution in [0.2, 0.25) is 0 Å². The summed E-state index contributed by atoms with van der Waals surface area (Å²) in [5.74, 6) is -0.173. The van der Waals surface area contributed by atoms with Gasteiger partial charge in [0.2, 0.25) is 0 Å². The lowest BCUT2D eigenvalue weighted by Crippen LogP contribution is -2.29. The number of thiophene rings is 1. The van der Waals surface area contributed by atoms with E-state index in [0.717, 1.165) is 10.4 Å². The van der Waals surface area contributed by atoms with Crippen LogP contribution in [0.1, 0.15) is 23.4 Å². The molecule has 0 N–H and O–H groups in total. The Kier molecular flexibility index (Phi) is 4.29. The number of carbonyl (C=O) groups excluding carboxylic acids is 1. The second-order valence-electron chi connectivity index (χ2n) is 3.59. The highest BCUT2D eigenvalue weighted by Gasteiger charge is 2.26. The van der Waals surface area contributed by atoms with Gasteiger partial charge in [0, 0.05) is 4.88 Å². The number of ether oxygens (including phenoxy) is 1. The number of rotatable bonds is 4. The molecule has 0 amide bonds. The quantitative estimate of drug-likeness (QED) is 0.739. The monoisotopic (exact) mass is 227 g/mol. The van der Waals surface area contributed by atoms with Gasteiger partial charge in [0.15, 0.2) is 0 Å². The van der Waals surface area contributed by atoms with Gasteiger partial charge in [0.1, 0.15) is 6.04 Å². The number of aryl methyl sites for hydroxylation is 1. The molecule has 1 aromatic rings. The largest absolute Gasteiger partial charge is 0.465 e. The molecule has 0 saturated carbocycles. The first-order valence-corrected chi connectivity index (χ1v) is 5.83. The van der Waals surface area contributed by atoms with Crippen molar-refractivity contribution < 1.29 is 9.53 Å². The first-order valence-electron chi connectivity index (χ1n) is 4.95. The average molecular weight is 227 g/mol. The summed E-state index contributed by atoms with van der Waals surface area (Å²) in [5, 5.41) is 2.00. The Morgan fingerprint density at radius 1 is 1.60 bits per heavy atom. The van der Waals surface area contributed by atoms with E-state index in [9.17, 15) is 4.79 Å². The fourth-order valence-electron chi connectivity index (χ4n) is 1.44. The molecule has 1 unspecified atom stereocenters. The number of likely N-dealkylation sites (N-methyl/N-ethyl adjacent to an activating group) is 1.